The maximum absolute atomic E-state index is 14.3. The number of benzene rings is 1. The predicted octanol–water partition coefficient (Wildman–Crippen LogP) is 4.00. The van der Waals surface area contributed by atoms with E-state index in [4.69, 9.17) is 9.47 Å². The molecule has 0 saturated carbocycles. The maximum atomic E-state index is 14.3. The fourth-order valence-corrected chi connectivity index (χ4v) is 4.05. The first-order chi connectivity index (χ1) is 15.9. The van der Waals surface area contributed by atoms with Gasteiger partial charge in [-0.2, -0.15) is 0 Å². The lowest BCUT2D eigenvalue weighted by molar-refractivity contribution is -0.125. The van der Waals surface area contributed by atoms with Crippen LogP contribution in [0, 0.1) is 11.7 Å². The Labute approximate surface area is 193 Å². The van der Waals surface area contributed by atoms with Crippen molar-refractivity contribution in [3.63, 3.8) is 0 Å². The van der Waals surface area contributed by atoms with E-state index in [1.165, 1.54) is 11.0 Å². The molecule has 2 saturated heterocycles. The molecule has 2 aliphatic rings. The van der Waals surface area contributed by atoms with Crippen molar-refractivity contribution >= 4 is 11.9 Å². The van der Waals surface area contributed by atoms with Gasteiger partial charge in [-0.25, -0.2) is 14.2 Å². The lowest BCUT2D eigenvalue weighted by Crippen LogP contribution is -2.35. The molecule has 0 aliphatic carbocycles. The predicted molar refractivity (Wildman–Crippen MR) is 121 cm³/mol. The lowest BCUT2D eigenvalue weighted by Gasteiger charge is -2.22. The minimum Gasteiger partial charge on any atom is -0.381 e. The highest BCUT2D eigenvalue weighted by Gasteiger charge is 2.35. The van der Waals surface area contributed by atoms with E-state index in [0.29, 0.717) is 32.0 Å². The summed E-state index contributed by atoms with van der Waals surface area (Å²) >= 11 is 0. The number of amides is 3. The lowest BCUT2D eigenvalue weighted by atomic mass is 10.1. The van der Waals surface area contributed by atoms with Crippen molar-refractivity contribution < 1.29 is 23.5 Å². The Balaban J connectivity index is 1.40. The number of nitrogens with zero attached hydrogens (tertiary/aromatic N) is 3. The zero-order chi connectivity index (χ0) is 23.4. The molecule has 7 nitrogen and oxygen atoms in total. The molecule has 3 heterocycles. The average Bonchev–Trinajstić information content (AvgIpc) is 3.07. The van der Waals surface area contributed by atoms with Crippen LogP contribution in [-0.2, 0) is 27.4 Å². The Kier molecular flexibility index (Phi) is 7.35. The average molecular weight is 456 g/mol. The summed E-state index contributed by atoms with van der Waals surface area (Å²) in [5.41, 5.74) is 2.70. The van der Waals surface area contributed by atoms with E-state index in [1.807, 2.05) is 38.1 Å². The SMILES string of the molecule is CC(C)CN1C(=O)CN(Cc2ccc(-c3ccc(F)c(COC4CCOCC4)n3)cc2)C1=O. The first-order valence-corrected chi connectivity index (χ1v) is 11.4. The number of aromatic nitrogens is 1. The smallest absolute Gasteiger partial charge is 0.327 e. The van der Waals surface area contributed by atoms with Gasteiger partial charge in [-0.1, -0.05) is 38.1 Å². The zero-order valence-electron chi connectivity index (χ0n) is 19.1. The molecule has 0 spiro atoms. The van der Waals surface area contributed by atoms with E-state index in [-0.39, 0.29) is 48.6 Å². The molecule has 1 aromatic carbocycles. The van der Waals surface area contributed by atoms with Crippen molar-refractivity contribution in [3.8, 4) is 11.3 Å². The van der Waals surface area contributed by atoms with Crippen LogP contribution in [0.1, 0.15) is 37.9 Å². The van der Waals surface area contributed by atoms with Gasteiger partial charge in [0.15, 0.2) is 0 Å². The molecule has 176 valence electrons. The molecule has 4 rings (SSSR count). The summed E-state index contributed by atoms with van der Waals surface area (Å²) in [6.07, 6.45) is 1.69. The molecule has 0 unspecified atom stereocenters. The molecule has 2 aliphatic heterocycles. The standard InChI is InChI=1S/C25H30FN3O4/c1-17(2)13-29-24(30)15-28(25(29)31)14-18-3-5-19(6-4-18)22-8-7-21(26)23(27-22)16-33-20-9-11-32-12-10-20/h3-8,17,20H,9-16H2,1-2H3. The molecule has 0 bridgehead atoms. The molecule has 8 heteroatoms. The first-order valence-electron chi connectivity index (χ1n) is 11.4. The molecule has 2 aromatic rings. The molecule has 2 fully saturated rings. The molecular weight excluding hydrogens is 425 g/mol. The second kappa shape index (κ2) is 10.4. The van der Waals surface area contributed by atoms with E-state index in [1.54, 1.807) is 11.0 Å². The highest BCUT2D eigenvalue weighted by atomic mass is 19.1. The Bertz CT molecular complexity index is 990. The van der Waals surface area contributed by atoms with Crippen molar-refractivity contribution in [2.45, 2.75) is 45.9 Å². The van der Waals surface area contributed by atoms with Crippen LogP contribution < -0.4 is 0 Å². The van der Waals surface area contributed by atoms with Crippen LogP contribution in [-0.4, -0.2) is 59.1 Å². The largest absolute Gasteiger partial charge is 0.381 e. The summed E-state index contributed by atoms with van der Waals surface area (Å²) in [6, 6.07) is 10.4. The molecule has 0 radical (unpaired) electrons. The molecule has 0 N–H and O–H groups in total. The van der Waals surface area contributed by atoms with Gasteiger partial charge in [0.1, 0.15) is 18.1 Å². The van der Waals surface area contributed by atoms with Gasteiger partial charge in [0.05, 0.1) is 18.4 Å². The number of halogens is 1. The fourth-order valence-electron chi connectivity index (χ4n) is 4.05. The van der Waals surface area contributed by atoms with Crippen LogP contribution in [0.3, 0.4) is 0 Å². The van der Waals surface area contributed by atoms with Gasteiger partial charge >= 0.3 is 6.03 Å². The summed E-state index contributed by atoms with van der Waals surface area (Å²) in [5.74, 6) is -0.311. The van der Waals surface area contributed by atoms with E-state index in [9.17, 15) is 14.0 Å². The highest BCUT2D eigenvalue weighted by Crippen LogP contribution is 2.22. The minimum atomic E-state index is -0.384. The second-order valence-electron chi connectivity index (χ2n) is 8.98. The van der Waals surface area contributed by atoms with Gasteiger partial charge in [-0.15, -0.1) is 0 Å². The van der Waals surface area contributed by atoms with Crippen molar-refractivity contribution in [2.24, 2.45) is 5.92 Å². The summed E-state index contributed by atoms with van der Waals surface area (Å²) < 4.78 is 25.4. The van der Waals surface area contributed by atoms with Crippen LogP contribution in [0.2, 0.25) is 0 Å². The van der Waals surface area contributed by atoms with Crippen molar-refractivity contribution in [1.29, 1.82) is 0 Å². The third-order valence-corrected chi connectivity index (χ3v) is 5.84. The molecule has 1 aromatic heterocycles. The maximum Gasteiger partial charge on any atom is 0.327 e. The Morgan fingerprint density at radius 3 is 2.55 bits per heavy atom. The number of rotatable bonds is 8. The fraction of sp³-hybridized carbons (Fsp3) is 0.480. The molecule has 3 amide bonds. The summed E-state index contributed by atoms with van der Waals surface area (Å²) in [6.45, 7) is 6.32. The Hall–Kier alpha value is -2.84. The highest BCUT2D eigenvalue weighted by molar-refractivity contribution is 6.01. The zero-order valence-corrected chi connectivity index (χ0v) is 19.1. The monoisotopic (exact) mass is 455 g/mol. The van der Waals surface area contributed by atoms with Crippen LogP contribution >= 0.6 is 0 Å². The van der Waals surface area contributed by atoms with Crippen LogP contribution in [0.5, 0.6) is 0 Å². The second-order valence-corrected chi connectivity index (χ2v) is 8.98. The normalized spacial score (nSPS) is 17.5. The van der Waals surface area contributed by atoms with Crippen molar-refractivity contribution in [2.75, 3.05) is 26.3 Å². The third-order valence-electron chi connectivity index (χ3n) is 5.84. The number of hydrogen-bond donors (Lipinski definition) is 0. The summed E-state index contributed by atoms with van der Waals surface area (Å²) in [7, 11) is 0. The number of imide groups is 1. The summed E-state index contributed by atoms with van der Waals surface area (Å²) in [4.78, 5) is 32.1. The van der Waals surface area contributed by atoms with Crippen LogP contribution in [0.4, 0.5) is 9.18 Å². The van der Waals surface area contributed by atoms with Gasteiger partial charge in [0.2, 0.25) is 5.91 Å². The Morgan fingerprint density at radius 1 is 1.12 bits per heavy atom. The van der Waals surface area contributed by atoms with Crippen molar-refractivity contribution in [1.82, 2.24) is 14.8 Å². The molecule has 0 atom stereocenters. The molecule has 33 heavy (non-hydrogen) atoms. The minimum absolute atomic E-state index is 0.0690. The first kappa shape index (κ1) is 23.3. The number of carbonyl (C=O) groups is 2. The van der Waals surface area contributed by atoms with E-state index < -0.39 is 0 Å². The van der Waals surface area contributed by atoms with Gasteiger partial charge in [-0.05, 0) is 36.5 Å². The number of pyridine rings is 1. The van der Waals surface area contributed by atoms with Gasteiger partial charge < -0.3 is 14.4 Å². The number of ether oxygens (including phenoxy) is 2. The van der Waals surface area contributed by atoms with Crippen LogP contribution in [0.15, 0.2) is 36.4 Å². The van der Waals surface area contributed by atoms with Gasteiger partial charge in [-0.3, -0.25) is 9.69 Å². The number of urea groups is 1. The quantitative estimate of drug-likeness (QED) is 0.563. The van der Waals surface area contributed by atoms with E-state index in [2.05, 4.69) is 4.98 Å². The molecular formula is C25H30FN3O4. The van der Waals surface area contributed by atoms with Gasteiger partial charge in [0.25, 0.3) is 0 Å². The number of carbonyl (C=O) groups excluding carboxylic acids is 2. The number of hydrogen-bond acceptors (Lipinski definition) is 5. The third kappa shape index (κ3) is 5.75. The Morgan fingerprint density at radius 2 is 1.85 bits per heavy atom. The topological polar surface area (TPSA) is 72.0 Å². The van der Waals surface area contributed by atoms with E-state index in [0.717, 1.165) is 24.0 Å². The van der Waals surface area contributed by atoms with Gasteiger partial charge in [0, 0.05) is 31.9 Å². The van der Waals surface area contributed by atoms with Crippen molar-refractivity contribution in [3.05, 3.63) is 53.5 Å². The van der Waals surface area contributed by atoms with Crippen LogP contribution in [0.25, 0.3) is 11.3 Å². The summed E-state index contributed by atoms with van der Waals surface area (Å²) in [5, 5.41) is 0. The van der Waals surface area contributed by atoms with E-state index >= 15 is 0 Å².